The molecule has 4 rings (SSSR count). The Morgan fingerprint density at radius 3 is 2.32 bits per heavy atom. The number of hydrogen-bond donors (Lipinski definition) is 0. The van der Waals surface area contributed by atoms with Crippen LogP contribution in [0, 0.1) is 12.7 Å². The summed E-state index contributed by atoms with van der Waals surface area (Å²) < 4.78 is 15.1. The van der Waals surface area contributed by atoms with E-state index in [4.69, 9.17) is 4.98 Å². The Hall–Kier alpha value is -2.52. The summed E-state index contributed by atoms with van der Waals surface area (Å²) in [5, 5.41) is 1.10. The van der Waals surface area contributed by atoms with Gasteiger partial charge < -0.3 is 0 Å². The Kier molecular flexibility index (Phi) is 4.10. The monoisotopic (exact) mass is 391 g/mol. The predicted molar refractivity (Wildman–Crippen MR) is 105 cm³/mol. The summed E-state index contributed by atoms with van der Waals surface area (Å²) in [5.74, 6) is -0.202. The van der Waals surface area contributed by atoms with E-state index in [1.807, 2.05) is 61.5 Å². The number of pyridine rings is 1. The number of aromatic nitrogens is 1. The van der Waals surface area contributed by atoms with E-state index in [1.165, 1.54) is 6.07 Å². The molecule has 0 radical (unpaired) electrons. The van der Waals surface area contributed by atoms with Crippen LogP contribution in [0.4, 0.5) is 4.39 Å². The molecule has 1 heterocycles. The molecule has 0 aliphatic carbocycles. The molecule has 0 unspecified atom stereocenters. The smallest absolute Gasteiger partial charge is 0.131 e. The average Bonchev–Trinajstić information content (AvgIpc) is 2.63. The van der Waals surface area contributed by atoms with Crippen LogP contribution in [0.5, 0.6) is 0 Å². The van der Waals surface area contributed by atoms with Crippen molar-refractivity contribution in [2.75, 3.05) is 0 Å². The van der Waals surface area contributed by atoms with Crippen molar-refractivity contribution >= 4 is 26.8 Å². The first-order valence-electron chi connectivity index (χ1n) is 8.03. The second-order valence-electron chi connectivity index (χ2n) is 6.09. The van der Waals surface area contributed by atoms with E-state index >= 15 is 0 Å². The molecule has 0 spiro atoms. The van der Waals surface area contributed by atoms with Gasteiger partial charge in [0.05, 0.1) is 11.2 Å². The van der Waals surface area contributed by atoms with Gasteiger partial charge in [0.25, 0.3) is 0 Å². The highest BCUT2D eigenvalue weighted by molar-refractivity contribution is 9.10. The number of benzene rings is 3. The molecule has 0 bridgehead atoms. The van der Waals surface area contributed by atoms with Crippen LogP contribution in [-0.4, -0.2) is 4.98 Å². The third kappa shape index (κ3) is 3.20. The number of hydrogen-bond acceptors (Lipinski definition) is 1. The number of fused-ring (bicyclic) bond motifs is 1. The molecule has 3 heteroatoms. The van der Waals surface area contributed by atoms with Crippen LogP contribution >= 0.6 is 15.9 Å². The number of aryl methyl sites for hydroxylation is 1. The summed E-state index contributed by atoms with van der Waals surface area (Å²) in [4.78, 5) is 4.74. The average molecular weight is 392 g/mol. The van der Waals surface area contributed by atoms with Crippen molar-refractivity contribution in [3.63, 3.8) is 0 Å². The molecule has 0 atom stereocenters. The van der Waals surface area contributed by atoms with E-state index < -0.39 is 0 Å². The van der Waals surface area contributed by atoms with E-state index in [0.717, 1.165) is 37.8 Å². The highest BCUT2D eigenvalue weighted by Crippen LogP contribution is 2.28. The Balaban J connectivity index is 1.74. The van der Waals surface area contributed by atoms with Crippen molar-refractivity contribution in [2.45, 2.75) is 6.92 Å². The highest BCUT2D eigenvalue weighted by Gasteiger charge is 2.07. The Bertz CT molecular complexity index is 1070. The second kappa shape index (κ2) is 6.41. The first kappa shape index (κ1) is 16.0. The van der Waals surface area contributed by atoms with Gasteiger partial charge in [-0.25, -0.2) is 9.37 Å². The fourth-order valence-corrected chi connectivity index (χ4v) is 3.28. The van der Waals surface area contributed by atoms with Crippen LogP contribution in [0.15, 0.2) is 77.3 Å². The minimum Gasteiger partial charge on any atom is -0.248 e. The molecule has 3 aromatic carbocycles. The van der Waals surface area contributed by atoms with Crippen LogP contribution in [0.25, 0.3) is 33.3 Å². The van der Waals surface area contributed by atoms with E-state index in [-0.39, 0.29) is 5.82 Å². The van der Waals surface area contributed by atoms with Crippen molar-refractivity contribution in [3.05, 3.63) is 88.6 Å². The first-order chi connectivity index (χ1) is 12.1. The zero-order valence-electron chi connectivity index (χ0n) is 13.6. The maximum absolute atomic E-state index is 14.1. The van der Waals surface area contributed by atoms with E-state index in [0.29, 0.717) is 5.56 Å². The molecule has 0 fully saturated rings. The van der Waals surface area contributed by atoms with Gasteiger partial charge in [0.2, 0.25) is 0 Å². The van der Waals surface area contributed by atoms with Gasteiger partial charge in [0.1, 0.15) is 5.82 Å². The lowest BCUT2D eigenvalue weighted by Crippen LogP contribution is -1.88. The Labute approximate surface area is 154 Å². The molecule has 1 aromatic heterocycles. The van der Waals surface area contributed by atoms with Crippen molar-refractivity contribution < 1.29 is 4.39 Å². The van der Waals surface area contributed by atoms with Crippen LogP contribution in [0.3, 0.4) is 0 Å². The zero-order valence-corrected chi connectivity index (χ0v) is 15.2. The number of nitrogens with zero attached hydrogens (tertiary/aromatic N) is 1. The first-order valence-corrected chi connectivity index (χ1v) is 8.83. The van der Waals surface area contributed by atoms with Gasteiger partial charge in [-0.3, -0.25) is 0 Å². The quantitative estimate of drug-likeness (QED) is 0.367. The van der Waals surface area contributed by atoms with Crippen LogP contribution in [0.1, 0.15) is 5.56 Å². The van der Waals surface area contributed by atoms with Crippen LogP contribution in [0.2, 0.25) is 0 Å². The van der Waals surface area contributed by atoms with Gasteiger partial charge >= 0.3 is 0 Å². The fraction of sp³-hybridized carbons (Fsp3) is 0.0455. The Morgan fingerprint density at radius 2 is 1.52 bits per heavy atom. The van der Waals surface area contributed by atoms with Crippen molar-refractivity contribution in [2.24, 2.45) is 0 Å². The molecule has 0 saturated heterocycles. The van der Waals surface area contributed by atoms with E-state index in [9.17, 15) is 4.39 Å². The van der Waals surface area contributed by atoms with Crippen molar-refractivity contribution in [1.82, 2.24) is 4.98 Å². The molecule has 122 valence electrons. The van der Waals surface area contributed by atoms with Gasteiger partial charge in [-0.05, 0) is 42.8 Å². The summed E-state index contributed by atoms with van der Waals surface area (Å²) in [7, 11) is 0. The SMILES string of the molecule is Cc1ccc(F)c(-c2ccc(-c3ccc4ccc(Br)cc4n3)cc2)c1. The highest BCUT2D eigenvalue weighted by atomic mass is 79.9. The number of rotatable bonds is 2. The lowest BCUT2D eigenvalue weighted by atomic mass is 10.0. The maximum atomic E-state index is 14.1. The molecule has 0 N–H and O–H groups in total. The third-order valence-electron chi connectivity index (χ3n) is 4.27. The normalized spacial score (nSPS) is 11.0. The number of halogens is 2. The van der Waals surface area contributed by atoms with Crippen LogP contribution in [-0.2, 0) is 0 Å². The summed E-state index contributed by atoms with van der Waals surface area (Å²) in [6.45, 7) is 1.97. The lowest BCUT2D eigenvalue weighted by Gasteiger charge is -2.07. The standard InChI is InChI=1S/C22H15BrFN/c1-14-2-10-20(24)19(12-14)15-3-5-16(6-4-15)21-11-8-17-7-9-18(23)13-22(17)25-21/h2-13H,1H3. The summed E-state index contributed by atoms with van der Waals surface area (Å²) in [6.07, 6.45) is 0. The summed E-state index contributed by atoms with van der Waals surface area (Å²) in [6, 6.07) is 23.2. The molecule has 0 aliphatic heterocycles. The fourth-order valence-electron chi connectivity index (χ4n) is 2.93. The van der Waals surface area contributed by atoms with Gasteiger partial charge in [0, 0.05) is 21.0 Å². The minimum atomic E-state index is -0.202. The molecule has 4 aromatic rings. The molecule has 0 saturated carbocycles. The van der Waals surface area contributed by atoms with E-state index in [1.54, 1.807) is 6.07 Å². The van der Waals surface area contributed by atoms with Gasteiger partial charge in [0.15, 0.2) is 0 Å². The van der Waals surface area contributed by atoms with E-state index in [2.05, 4.69) is 22.0 Å². The molecule has 25 heavy (non-hydrogen) atoms. The van der Waals surface area contributed by atoms with Gasteiger partial charge in [-0.15, -0.1) is 0 Å². The van der Waals surface area contributed by atoms with Crippen molar-refractivity contribution in [1.29, 1.82) is 0 Å². The molecule has 0 amide bonds. The minimum absolute atomic E-state index is 0.202. The van der Waals surface area contributed by atoms with Crippen LogP contribution < -0.4 is 0 Å². The topological polar surface area (TPSA) is 12.9 Å². The molecule has 1 nitrogen and oxygen atoms in total. The predicted octanol–water partition coefficient (Wildman–Crippen LogP) is 6.78. The van der Waals surface area contributed by atoms with Crippen molar-refractivity contribution in [3.8, 4) is 22.4 Å². The lowest BCUT2D eigenvalue weighted by molar-refractivity contribution is 0.631. The zero-order chi connectivity index (χ0) is 17.4. The third-order valence-corrected chi connectivity index (χ3v) is 4.76. The molecular weight excluding hydrogens is 377 g/mol. The largest absolute Gasteiger partial charge is 0.248 e. The molecular formula is C22H15BrFN. The summed E-state index contributed by atoms with van der Waals surface area (Å²) >= 11 is 3.49. The summed E-state index contributed by atoms with van der Waals surface area (Å²) in [5.41, 5.74) is 5.40. The maximum Gasteiger partial charge on any atom is 0.131 e. The molecule has 0 aliphatic rings. The second-order valence-corrected chi connectivity index (χ2v) is 7.01. The Morgan fingerprint density at radius 1 is 0.800 bits per heavy atom. The van der Waals surface area contributed by atoms with Gasteiger partial charge in [-0.1, -0.05) is 64.0 Å². The van der Waals surface area contributed by atoms with Gasteiger partial charge in [-0.2, -0.15) is 0 Å².